The summed E-state index contributed by atoms with van der Waals surface area (Å²) in [4.78, 5) is 24.6. The van der Waals surface area contributed by atoms with Gasteiger partial charge in [-0.05, 0) is 49.2 Å². The zero-order valence-electron chi connectivity index (χ0n) is 12.9. The van der Waals surface area contributed by atoms with Gasteiger partial charge >= 0.3 is 0 Å². The molecular formula is C18H17ClN2O2S. The fourth-order valence-corrected chi connectivity index (χ4v) is 3.17. The zero-order valence-corrected chi connectivity index (χ0v) is 14.5. The summed E-state index contributed by atoms with van der Waals surface area (Å²) >= 11 is 7.46. The highest BCUT2D eigenvalue weighted by atomic mass is 35.5. The van der Waals surface area contributed by atoms with Gasteiger partial charge in [0.1, 0.15) is 0 Å². The van der Waals surface area contributed by atoms with E-state index in [9.17, 15) is 9.59 Å². The van der Waals surface area contributed by atoms with Gasteiger partial charge in [0.25, 0.3) is 0 Å². The van der Waals surface area contributed by atoms with Crippen molar-refractivity contribution in [2.24, 2.45) is 5.92 Å². The van der Waals surface area contributed by atoms with Gasteiger partial charge in [-0.25, -0.2) is 0 Å². The highest BCUT2D eigenvalue weighted by molar-refractivity contribution is 8.00. The van der Waals surface area contributed by atoms with Crippen molar-refractivity contribution in [3.63, 3.8) is 0 Å². The number of nitrogens with one attached hydrogen (secondary N) is 2. The van der Waals surface area contributed by atoms with Gasteiger partial charge in [0, 0.05) is 22.2 Å². The Bertz CT molecular complexity index is 745. The molecule has 1 saturated carbocycles. The maximum absolute atomic E-state index is 12.0. The van der Waals surface area contributed by atoms with Gasteiger partial charge in [-0.3, -0.25) is 9.59 Å². The molecule has 0 unspecified atom stereocenters. The summed E-state index contributed by atoms with van der Waals surface area (Å²) in [5, 5.41) is 6.34. The zero-order chi connectivity index (χ0) is 16.9. The lowest BCUT2D eigenvalue weighted by Crippen LogP contribution is -2.15. The number of thioether (sulfide) groups is 1. The van der Waals surface area contributed by atoms with Crippen molar-refractivity contribution in [2.45, 2.75) is 17.7 Å². The Labute approximate surface area is 150 Å². The second-order valence-electron chi connectivity index (χ2n) is 5.61. The van der Waals surface area contributed by atoms with Crippen LogP contribution in [0.25, 0.3) is 0 Å². The summed E-state index contributed by atoms with van der Waals surface area (Å²) in [6, 6.07) is 14.6. The van der Waals surface area contributed by atoms with E-state index in [1.54, 1.807) is 30.3 Å². The number of amides is 2. The Morgan fingerprint density at radius 3 is 2.25 bits per heavy atom. The third-order valence-corrected chi connectivity index (χ3v) is 5.09. The topological polar surface area (TPSA) is 58.2 Å². The Morgan fingerprint density at radius 2 is 1.62 bits per heavy atom. The van der Waals surface area contributed by atoms with E-state index in [2.05, 4.69) is 10.6 Å². The molecule has 1 aliphatic rings. The first-order valence-electron chi connectivity index (χ1n) is 7.70. The fraction of sp³-hybridized carbons (Fsp3) is 0.222. The van der Waals surface area contributed by atoms with E-state index in [1.165, 1.54) is 11.8 Å². The Kier molecular flexibility index (Phi) is 5.43. The first-order chi connectivity index (χ1) is 11.6. The number of anilines is 2. The molecule has 0 saturated heterocycles. The van der Waals surface area contributed by atoms with Crippen molar-refractivity contribution in [1.29, 1.82) is 0 Å². The predicted octanol–water partition coefficient (Wildman–Crippen LogP) is 4.42. The molecule has 2 amide bonds. The molecule has 124 valence electrons. The van der Waals surface area contributed by atoms with Gasteiger partial charge in [-0.1, -0.05) is 23.7 Å². The van der Waals surface area contributed by atoms with E-state index in [0.29, 0.717) is 10.7 Å². The number of benzene rings is 2. The summed E-state index contributed by atoms with van der Waals surface area (Å²) in [7, 11) is 0. The Morgan fingerprint density at radius 1 is 1.00 bits per heavy atom. The van der Waals surface area contributed by atoms with Crippen LogP contribution >= 0.6 is 23.4 Å². The average Bonchev–Trinajstić information content (AvgIpc) is 3.41. The van der Waals surface area contributed by atoms with Crippen LogP contribution in [0.4, 0.5) is 11.4 Å². The van der Waals surface area contributed by atoms with E-state index >= 15 is 0 Å². The molecule has 4 nitrogen and oxygen atoms in total. The molecule has 0 atom stereocenters. The van der Waals surface area contributed by atoms with E-state index in [1.807, 2.05) is 18.2 Å². The number of carbonyl (C=O) groups excluding carboxylic acids is 2. The van der Waals surface area contributed by atoms with Gasteiger partial charge in [0.15, 0.2) is 0 Å². The molecule has 2 aromatic rings. The van der Waals surface area contributed by atoms with E-state index in [0.717, 1.165) is 23.4 Å². The van der Waals surface area contributed by atoms with Crippen LogP contribution in [-0.4, -0.2) is 17.6 Å². The molecule has 3 rings (SSSR count). The van der Waals surface area contributed by atoms with Gasteiger partial charge in [-0.15, -0.1) is 11.8 Å². The molecule has 6 heteroatoms. The molecule has 0 heterocycles. The SMILES string of the molecule is O=C(CSc1ccccc1Cl)Nc1ccc(NC(=O)C2CC2)cc1. The third-order valence-electron chi connectivity index (χ3n) is 3.58. The Hall–Kier alpha value is -1.98. The summed E-state index contributed by atoms with van der Waals surface area (Å²) in [6.07, 6.45) is 1.95. The molecule has 0 radical (unpaired) electrons. The maximum atomic E-state index is 12.0. The summed E-state index contributed by atoms with van der Waals surface area (Å²) in [6.45, 7) is 0. The van der Waals surface area contributed by atoms with Crippen molar-refractivity contribution < 1.29 is 9.59 Å². The van der Waals surface area contributed by atoms with E-state index < -0.39 is 0 Å². The standard InChI is InChI=1S/C18H17ClN2O2S/c19-15-3-1-2-4-16(15)24-11-17(22)20-13-7-9-14(10-8-13)21-18(23)12-5-6-12/h1-4,7-10,12H,5-6,11H2,(H,20,22)(H,21,23). The normalized spacial score (nSPS) is 13.4. The molecule has 0 aromatic heterocycles. The van der Waals surface area contributed by atoms with Crippen LogP contribution in [0.3, 0.4) is 0 Å². The lowest BCUT2D eigenvalue weighted by atomic mass is 10.2. The van der Waals surface area contributed by atoms with Crippen LogP contribution in [0.2, 0.25) is 5.02 Å². The molecular weight excluding hydrogens is 344 g/mol. The highest BCUT2D eigenvalue weighted by Gasteiger charge is 2.29. The van der Waals surface area contributed by atoms with Crippen molar-refractivity contribution in [3.05, 3.63) is 53.6 Å². The number of hydrogen-bond donors (Lipinski definition) is 2. The molecule has 2 aromatic carbocycles. The molecule has 1 fully saturated rings. The molecule has 1 aliphatic carbocycles. The second-order valence-corrected chi connectivity index (χ2v) is 7.03. The van der Waals surface area contributed by atoms with Crippen LogP contribution in [-0.2, 0) is 9.59 Å². The van der Waals surface area contributed by atoms with Crippen LogP contribution < -0.4 is 10.6 Å². The monoisotopic (exact) mass is 360 g/mol. The lowest BCUT2D eigenvalue weighted by Gasteiger charge is -2.08. The average molecular weight is 361 g/mol. The summed E-state index contributed by atoms with van der Waals surface area (Å²) in [5.74, 6) is 0.424. The minimum absolute atomic E-state index is 0.0722. The van der Waals surface area contributed by atoms with Crippen LogP contribution in [0, 0.1) is 5.92 Å². The van der Waals surface area contributed by atoms with Gasteiger partial charge in [-0.2, -0.15) is 0 Å². The van der Waals surface area contributed by atoms with Gasteiger partial charge < -0.3 is 10.6 Å². The summed E-state index contributed by atoms with van der Waals surface area (Å²) < 4.78 is 0. The first kappa shape index (κ1) is 16.9. The van der Waals surface area contributed by atoms with Crippen molar-refractivity contribution in [2.75, 3.05) is 16.4 Å². The third kappa shape index (κ3) is 4.76. The van der Waals surface area contributed by atoms with Crippen molar-refractivity contribution in [1.82, 2.24) is 0 Å². The predicted molar refractivity (Wildman–Crippen MR) is 98.6 cm³/mol. The van der Waals surface area contributed by atoms with Gasteiger partial charge in [0.05, 0.1) is 10.8 Å². The van der Waals surface area contributed by atoms with Crippen molar-refractivity contribution in [3.8, 4) is 0 Å². The number of rotatable bonds is 6. The molecule has 24 heavy (non-hydrogen) atoms. The quantitative estimate of drug-likeness (QED) is 0.750. The lowest BCUT2D eigenvalue weighted by molar-refractivity contribution is -0.117. The van der Waals surface area contributed by atoms with Crippen LogP contribution in [0.15, 0.2) is 53.4 Å². The van der Waals surface area contributed by atoms with Gasteiger partial charge in [0.2, 0.25) is 11.8 Å². The summed E-state index contributed by atoms with van der Waals surface area (Å²) in [5.41, 5.74) is 1.44. The van der Waals surface area contributed by atoms with E-state index in [4.69, 9.17) is 11.6 Å². The maximum Gasteiger partial charge on any atom is 0.234 e. The second kappa shape index (κ2) is 7.73. The number of halogens is 1. The fourth-order valence-electron chi connectivity index (χ4n) is 2.13. The first-order valence-corrected chi connectivity index (χ1v) is 9.06. The molecule has 0 aliphatic heterocycles. The Balaban J connectivity index is 1.49. The highest BCUT2D eigenvalue weighted by Crippen LogP contribution is 2.30. The minimum atomic E-state index is -0.102. The van der Waals surface area contributed by atoms with Crippen molar-refractivity contribution >= 4 is 46.6 Å². The number of carbonyl (C=O) groups is 2. The molecule has 0 bridgehead atoms. The van der Waals surface area contributed by atoms with E-state index in [-0.39, 0.29) is 23.5 Å². The van der Waals surface area contributed by atoms with Crippen LogP contribution in [0.1, 0.15) is 12.8 Å². The molecule has 2 N–H and O–H groups in total. The number of hydrogen-bond acceptors (Lipinski definition) is 3. The smallest absolute Gasteiger partial charge is 0.234 e. The minimum Gasteiger partial charge on any atom is -0.326 e. The largest absolute Gasteiger partial charge is 0.326 e. The van der Waals surface area contributed by atoms with Crippen LogP contribution in [0.5, 0.6) is 0 Å². The molecule has 0 spiro atoms.